The number of benzene rings is 2. The number of carbonyl (C=O) groups is 2. The summed E-state index contributed by atoms with van der Waals surface area (Å²) < 4.78 is 1.00. The zero-order valence-electron chi connectivity index (χ0n) is 19.7. The third-order valence-corrected chi connectivity index (χ3v) is 6.97. The quantitative estimate of drug-likeness (QED) is 0.348. The topological polar surface area (TPSA) is 105 Å². The van der Waals surface area contributed by atoms with Gasteiger partial charge in [0.2, 0.25) is 5.91 Å². The number of nitrogens with one attached hydrogen (secondary N) is 1. The normalized spacial score (nSPS) is 14.1. The van der Waals surface area contributed by atoms with E-state index in [1.54, 1.807) is 0 Å². The molecule has 182 valence electrons. The van der Waals surface area contributed by atoms with Crippen molar-refractivity contribution in [2.45, 2.75) is 70.3 Å². The average Bonchev–Trinajstić information content (AvgIpc) is 3.26. The highest BCUT2D eigenvalue weighted by molar-refractivity contribution is 7.18. The van der Waals surface area contributed by atoms with Gasteiger partial charge in [0, 0.05) is 0 Å². The maximum absolute atomic E-state index is 12.3. The molecule has 7 heteroatoms. The number of carbonyl (C=O) groups excluding carboxylic acids is 1. The molecule has 0 spiro atoms. The minimum absolute atomic E-state index is 0.0701. The Balaban J connectivity index is 0.000000469. The van der Waals surface area contributed by atoms with Gasteiger partial charge in [-0.25, -0.2) is 9.78 Å². The van der Waals surface area contributed by atoms with Crippen LogP contribution in [-0.2, 0) is 16.0 Å². The number of nitrogens with two attached hydrogens (primary N) is 1. The molecule has 1 fully saturated rings. The molecule has 2 aromatic carbocycles. The maximum Gasteiger partial charge on any atom is 0.326 e. The van der Waals surface area contributed by atoms with Crippen LogP contribution in [0, 0.1) is 0 Å². The number of amides is 1. The number of nitrogens with zero attached hydrogens (tertiary/aromatic N) is 1. The highest BCUT2D eigenvalue weighted by Gasteiger charge is 2.20. The monoisotopic (exact) mass is 481 g/mol. The minimum Gasteiger partial charge on any atom is -0.480 e. The van der Waals surface area contributed by atoms with Crippen molar-refractivity contribution >= 4 is 33.4 Å². The van der Waals surface area contributed by atoms with Crippen molar-refractivity contribution in [2.24, 2.45) is 5.73 Å². The van der Waals surface area contributed by atoms with Crippen LogP contribution in [0.4, 0.5) is 0 Å². The molecule has 6 nitrogen and oxygen atoms in total. The number of aliphatic carboxylic acids is 1. The largest absolute Gasteiger partial charge is 0.480 e. The molecule has 1 saturated carbocycles. The van der Waals surface area contributed by atoms with Crippen LogP contribution in [0.1, 0.15) is 62.8 Å². The Hall–Kier alpha value is -2.77. The number of hydrogen-bond donors (Lipinski definition) is 3. The summed E-state index contributed by atoms with van der Waals surface area (Å²) >= 11 is 1.45. The lowest BCUT2D eigenvalue weighted by atomic mass is 10.0. The maximum atomic E-state index is 12.3. The summed E-state index contributed by atoms with van der Waals surface area (Å²) in [5.41, 5.74) is 8.46. The Kier molecular flexibility index (Phi) is 10.5. The smallest absolute Gasteiger partial charge is 0.326 e. The fourth-order valence-corrected chi connectivity index (χ4v) is 5.00. The van der Waals surface area contributed by atoms with Crippen LogP contribution in [0.2, 0.25) is 0 Å². The number of thiazole rings is 1. The molecule has 4 N–H and O–H groups in total. The molecule has 1 amide bonds. The molecule has 0 radical (unpaired) electrons. The lowest BCUT2D eigenvalue weighted by molar-refractivity contribution is -0.142. The predicted octanol–water partition coefficient (Wildman–Crippen LogP) is 5.54. The van der Waals surface area contributed by atoms with Gasteiger partial charge in [0.25, 0.3) is 0 Å². The summed E-state index contributed by atoms with van der Waals surface area (Å²) in [5.74, 6) is -1.36. The molecule has 1 heterocycles. The fourth-order valence-electron chi connectivity index (χ4n) is 4.05. The van der Waals surface area contributed by atoms with Gasteiger partial charge in [-0.2, -0.15) is 0 Å². The molecule has 3 aromatic rings. The molecule has 1 aliphatic carbocycles. The van der Waals surface area contributed by atoms with Crippen LogP contribution in [0.15, 0.2) is 48.5 Å². The first kappa shape index (κ1) is 25.8. The van der Waals surface area contributed by atoms with E-state index in [1.165, 1.54) is 49.9 Å². The average molecular weight is 482 g/mol. The van der Waals surface area contributed by atoms with Crippen LogP contribution >= 0.6 is 11.3 Å². The number of aromatic nitrogens is 1. The van der Waals surface area contributed by atoms with Gasteiger partial charge >= 0.3 is 5.97 Å². The lowest BCUT2D eigenvalue weighted by Crippen LogP contribution is -2.41. The Morgan fingerprint density at radius 2 is 1.65 bits per heavy atom. The second kappa shape index (κ2) is 13.8. The Bertz CT molecular complexity index is 1040. The van der Waals surface area contributed by atoms with E-state index in [4.69, 9.17) is 5.73 Å². The molecule has 0 aliphatic heterocycles. The van der Waals surface area contributed by atoms with Gasteiger partial charge in [0.1, 0.15) is 11.0 Å². The van der Waals surface area contributed by atoms with Crippen LogP contribution in [-0.4, -0.2) is 34.6 Å². The summed E-state index contributed by atoms with van der Waals surface area (Å²) in [6.07, 6.45) is 10.8. The Morgan fingerprint density at radius 3 is 2.26 bits per heavy atom. The summed E-state index contributed by atoms with van der Waals surface area (Å²) in [6, 6.07) is 15.2. The number of unbranched alkanes of at least 4 members (excludes halogenated alkanes) is 1. The van der Waals surface area contributed by atoms with E-state index >= 15 is 0 Å². The van der Waals surface area contributed by atoms with E-state index < -0.39 is 12.0 Å². The van der Waals surface area contributed by atoms with Crippen LogP contribution in [0.3, 0.4) is 0 Å². The molecule has 1 atom stereocenters. The molecule has 1 aromatic heterocycles. The molecular formula is C27H35N3O3S. The van der Waals surface area contributed by atoms with Gasteiger partial charge in [-0.1, -0.05) is 74.9 Å². The van der Waals surface area contributed by atoms with Crippen LogP contribution < -0.4 is 11.1 Å². The highest BCUT2D eigenvalue weighted by atomic mass is 32.1. The standard InChI is InChI=1S/C21H23N3O3S.C6H12/c22-11-5-4-8-16(21(26)27)23-19(25)13-20-24-17-12-15(9-10-18(17)28-20)14-6-2-1-3-7-14;1-2-4-6-5-3-1/h1-3,6-7,9-10,12,16H,4-5,8,11,13,22H2,(H,23,25)(H,26,27);1-6H2. The highest BCUT2D eigenvalue weighted by Crippen LogP contribution is 2.28. The summed E-state index contributed by atoms with van der Waals surface area (Å²) in [4.78, 5) is 28.2. The third-order valence-electron chi connectivity index (χ3n) is 5.93. The first-order valence-electron chi connectivity index (χ1n) is 12.2. The SMILES string of the molecule is C1CCCCC1.NCCCCC(NC(=O)Cc1nc2cc(-c3ccccc3)ccc2s1)C(=O)O. The first-order valence-corrected chi connectivity index (χ1v) is 13.1. The Morgan fingerprint density at radius 1 is 0.971 bits per heavy atom. The second-order valence-electron chi connectivity index (χ2n) is 8.70. The van der Waals surface area contributed by atoms with E-state index in [-0.39, 0.29) is 12.3 Å². The van der Waals surface area contributed by atoms with Crippen molar-refractivity contribution in [1.82, 2.24) is 10.3 Å². The Labute approximate surface area is 205 Å². The summed E-state index contributed by atoms with van der Waals surface area (Å²) in [7, 11) is 0. The second-order valence-corrected chi connectivity index (χ2v) is 9.81. The summed E-state index contributed by atoms with van der Waals surface area (Å²) in [6.45, 7) is 0.511. The zero-order chi connectivity index (χ0) is 24.2. The van der Waals surface area contributed by atoms with Crippen molar-refractivity contribution in [1.29, 1.82) is 0 Å². The minimum atomic E-state index is -1.03. The van der Waals surface area contributed by atoms with Crippen LogP contribution in [0.5, 0.6) is 0 Å². The number of carboxylic acid groups (broad SMARTS) is 1. The van der Waals surface area contributed by atoms with E-state index in [9.17, 15) is 14.7 Å². The number of carboxylic acids is 1. The molecule has 4 rings (SSSR count). The van der Waals surface area contributed by atoms with E-state index in [1.807, 2.05) is 48.5 Å². The molecule has 1 unspecified atom stereocenters. The van der Waals surface area contributed by atoms with Gasteiger partial charge in [0.05, 0.1) is 16.6 Å². The van der Waals surface area contributed by atoms with Gasteiger partial charge < -0.3 is 16.2 Å². The first-order chi connectivity index (χ1) is 16.6. The number of fused-ring (bicyclic) bond motifs is 1. The zero-order valence-corrected chi connectivity index (χ0v) is 20.5. The van der Waals surface area contributed by atoms with Gasteiger partial charge in [-0.15, -0.1) is 11.3 Å². The van der Waals surface area contributed by atoms with E-state index in [0.717, 1.165) is 27.8 Å². The molecule has 1 aliphatic rings. The number of hydrogen-bond acceptors (Lipinski definition) is 5. The van der Waals surface area contributed by atoms with Crippen LogP contribution in [0.25, 0.3) is 21.3 Å². The molecule has 0 bridgehead atoms. The molecule has 34 heavy (non-hydrogen) atoms. The summed E-state index contributed by atoms with van der Waals surface area (Å²) in [5, 5.41) is 12.5. The molecular weight excluding hydrogens is 446 g/mol. The van der Waals surface area contributed by atoms with Crippen molar-refractivity contribution in [3.63, 3.8) is 0 Å². The third kappa shape index (κ3) is 8.22. The van der Waals surface area contributed by atoms with Gasteiger partial charge in [-0.3, -0.25) is 4.79 Å². The fraction of sp³-hybridized carbons (Fsp3) is 0.444. The predicted molar refractivity (Wildman–Crippen MR) is 139 cm³/mol. The van der Waals surface area contributed by atoms with E-state index in [0.29, 0.717) is 24.4 Å². The van der Waals surface area contributed by atoms with Crippen molar-refractivity contribution in [2.75, 3.05) is 6.54 Å². The van der Waals surface area contributed by atoms with Crippen molar-refractivity contribution in [3.05, 3.63) is 53.5 Å². The number of rotatable bonds is 9. The van der Waals surface area contributed by atoms with Crippen molar-refractivity contribution in [3.8, 4) is 11.1 Å². The van der Waals surface area contributed by atoms with Gasteiger partial charge in [-0.05, 0) is 49.1 Å². The van der Waals surface area contributed by atoms with Gasteiger partial charge in [0.15, 0.2) is 0 Å². The van der Waals surface area contributed by atoms with Crippen molar-refractivity contribution < 1.29 is 14.7 Å². The van der Waals surface area contributed by atoms with E-state index in [2.05, 4.69) is 10.3 Å². The molecule has 0 saturated heterocycles. The lowest BCUT2D eigenvalue weighted by Gasteiger charge is -2.13.